The van der Waals surface area contributed by atoms with Gasteiger partial charge in [-0.2, -0.15) is 5.10 Å². The number of hydrogen-bond acceptors (Lipinski definition) is 3. The molecule has 1 aliphatic carbocycles. The van der Waals surface area contributed by atoms with Crippen LogP contribution < -0.4 is 11.1 Å². The van der Waals surface area contributed by atoms with Gasteiger partial charge < -0.3 is 11.1 Å². The molecular formula is C12H21ClN4O. The van der Waals surface area contributed by atoms with Gasteiger partial charge in [-0.3, -0.25) is 9.48 Å². The number of aryl methyl sites for hydroxylation is 1. The average Bonchev–Trinajstić information content (AvgIpc) is 2.95. The molecular weight excluding hydrogens is 252 g/mol. The van der Waals surface area contributed by atoms with Crippen LogP contribution in [-0.2, 0) is 11.3 Å². The highest BCUT2D eigenvalue weighted by molar-refractivity contribution is 5.85. The highest BCUT2D eigenvalue weighted by Crippen LogP contribution is 2.23. The van der Waals surface area contributed by atoms with Gasteiger partial charge in [0.15, 0.2) is 0 Å². The Morgan fingerprint density at radius 3 is 2.94 bits per heavy atom. The molecule has 18 heavy (non-hydrogen) atoms. The Morgan fingerprint density at radius 1 is 1.50 bits per heavy atom. The van der Waals surface area contributed by atoms with E-state index >= 15 is 0 Å². The minimum Gasteiger partial charge on any atom is -0.356 e. The van der Waals surface area contributed by atoms with Crippen molar-refractivity contribution in [1.82, 2.24) is 15.1 Å². The maximum absolute atomic E-state index is 11.8. The second kappa shape index (κ2) is 7.38. The maximum atomic E-state index is 11.8. The topological polar surface area (TPSA) is 72.9 Å². The van der Waals surface area contributed by atoms with Crippen LogP contribution in [-0.4, -0.2) is 28.3 Å². The van der Waals surface area contributed by atoms with E-state index in [0.717, 1.165) is 32.2 Å². The molecule has 1 aromatic heterocycles. The Kier molecular flexibility index (Phi) is 6.15. The molecule has 6 heteroatoms. The molecule has 0 aromatic carbocycles. The van der Waals surface area contributed by atoms with Gasteiger partial charge in [0.25, 0.3) is 0 Å². The monoisotopic (exact) mass is 272 g/mol. The molecule has 1 saturated carbocycles. The molecule has 0 radical (unpaired) electrons. The summed E-state index contributed by atoms with van der Waals surface area (Å²) in [7, 11) is 0. The van der Waals surface area contributed by atoms with E-state index in [2.05, 4.69) is 10.4 Å². The number of hydrogen-bond donors (Lipinski definition) is 2. The van der Waals surface area contributed by atoms with Crippen LogP contribution in [0.2, 0.25) is 0 Å². The first-order valence-corrected chi connectivity index (χ1v) is 6.26. The Bertz CT molecular complexity index is 355. The van der Waals surface area contributed by atoms with Gasteiger partial charge in [-0.25, -0.2) is 0 Å². The summed E-state index contributed by atoms with van der Waals surface area (Å²) in [4.78, 5) is 11.8. The number of nitrogens with two attached hydrogens (primary N) is 1. The van der Waals surface area contributed by atoms with Gasteiger partial charge in [0.05, 0.1) is 0 Å². The van der Waals surface area contributed by atoms with Crippen LogP contribution in [0, 0.1) is 5.92 Å². The first kappa shape index (κ1) is 15.0. The van der Waals surface area contributed by atoms with Crippen molar-refractivity contribution in [3.05, 3.63) is 18.5 Å². The van der Waals surface area contributed by atoms with Crippen LogP contribution >= 0.6 is 12.4 Å². The van der Waals surface area contributed by atoms with Crippen molar-refractivity contribution in [2.75, 3.05) is 6.54 Å². The van der Waals surface area contributed by atoms with Crippen molar-refractivity contribution < 1.29 is 4.79 Å². The van der Waals surface area contributed by atoms with Gasteiger partial charge in [-0.05, 0) is 31.7 Å². The van der Waals surface area contributed by atoms with Crippen LogP contribution in [0.3, 0.4) is 0 Å². The van der Waals surface area contributed by atoms with E-state index in [1.54, 1.807) is 6.20 Å². The Balaban J connectivity index is 0.00000162. The fourth-order valence-electron chi connectivity index (χ4n) is 2.28. The third kappa shape index (κ3) is 4.31. The molecule has 0 aliphatic heterocycles. The second-order valence-electron chi connectivity index (χ2n) is 4.68. The third-order valence-electron chi connectivity index (χ3n) is 3.27. The summed E-state index contributed by atoms with van der Waals surface area (Å²) in [6, 6.07) is 2.12. The zero-order valence-corrected chi connectivity index (χ0v) is 11.2. The van der Waals surface area contributed by atoms with Gasteiger partial charge in [0.2, 0.25) is 5.91 Å². The molecule has 2 atom stereocenters. The SMILES string of the molecule is Cl.NC1CCC(C(=O)NCCCn2cccn2)C1. The zero-order valence-electron chi connectivity index (χ0n) is 10.4. The van der Waals surface area contributed by atoms with Crippen molar-refractivity contribution >= 4 is 18.3 Å². The molecule has 0 spiro atoms. The standard InChI is InChI=1S/C12H20N4O.ClH/c13-11-4-3-10(9-11)12(17)14-5-1-7-16-8-2-6-15-16;/h2,6,8,10-11H,1,3-5,7,9,13H2,(H,14,17);1H. The fourth-order valence-corrected chi connectivity index (χ4v) is 2.28. The maximum Gasteiger partial charge on any atom is 0.223 e. The predicted molar refractivity (Wildman–Crippen MR) is 72.4 cm³/mol. The van der Waals surface area contributed by atoms with Gasteiger partial charge >= 0.3 is 0 Å². The van der Waals surface area contributed by atoms with Crippen LogP contribution in [0.25, 0.3) is 0 Å². The summed E-state index contributed by atoms with van der Waals surface area (Å²) >= 11 is 0. The largest absolute Gasteiger partial charge is 0.356 e. The molecule has 0 bridgehead atoms. The van der Waals surface area contributed by atoms with E-state index in [0.29, 0.717) is 6.54 Å². The zero-order chi connectivity index (χ0) is 12.1. The number of halogens is 1. The van der Waals surface area contributed by atoms with Crippen molar-refractivity contribution in [2.24, 2.45) is 11.7 Å². The summed E-state index contributed by atoms with van der Waals surface area (Å²) in [5.74, 6) is 0.299. The minimum absolute atomic E-state index is 0. The van der Waals surface area contributed by atoms with Crippen molar-refractivity contribution in [1.29, 1.82) is 0 Å². The highest BCUT2D eigenvalue weighted by Gasteiger charge is 2.27. The Hall–Kier alpha value is -1.07. The minimum atomic E-state index is 0. The molecule has 1 amide bonds. The fraction of sp³-hybridized carbons (Fsp3) is 0.667. The number of carbonyl (C=O) groups excluding carboxylic acids is 1. The lowest BCUT2D eigenvalue weighted by Crippen LogP contribution is -2.31. The number of aromatic nitrogens is 2. The molecule has 102 valence electrons. The van der Waals surface area contributed by atoms with Crippen LogP contribution in [0.5, 0.6) is 0 Å². The Morgan fingerprint density at radius 2 is 2.33 bits per heavy atom. The van der Waals surface area contributed by atoms with E-state index in [9.17, 15) is 4.79 Å². The molecule has 5 nitrogen and oxygen atoms in total. The predicted octanol–water partition coefficient (Wildman–Crippen LogP) is 0.939. The summed E-state index contributed by atoms with van der Waals surface area (Å²) in [6.45, 7) is 1.56. The normalized spacial score (nSPS) is 22.5. The first-order chi connectivity index (χ1) is 8.25. The van der Waals surface area contributed by atoms with Gasteiger partial charge in [0.1, 0.15) is 0 Å². The molecule has 1 fully saturated rings. The number of rotatable bonds is 5. The molecule has 1 aromatic rings. The lowest BCUT2D eigenvalue weighted by molar-refractivity contribution is -0.124. The molecule has 1 heterocycles. The van der Waals surface area contributed by atoms with E-state index in [4.69, 9.17) is 5.73 Å². The number of nitrogens with zero attached hydrogens (tertiary/aromatic N) is 2. The lowest BCUT2D eigenvalue weighted by atomic mass is 10.1. The molecule has 1 aliphatic rings. The molecule has 0 saturated heterocycles. The van der Waals surface area contributed by atoms with Gasteiger partial charge in [-0.15, -0.1) is 12.4 Å². The second-order valence-corrected chi connectivity index (χ2v) is 4.68. The number of nitrogens with one attached hydrogen (secondary N) is 1. The van der Waals surface area contributed by atoms with Crippen LogP contribution in [0.15, 0.2) is 18.5 Å². The van der Waals surface area contributed by atoms with E-state index < -0.39 is 0 Å². The van der Waals surface area contributed by atoms with Crippen LogP contribution in [0.4, 0.5) is 0 Å². The highest BCUT2D eigenvalue weighted by atomic mass is 35.5. The van der Waals surface area contributed by atoms with Crippen LogP contribution in [0.1, 0.15) is 25.7 Å². The average molecular weight is 273 g/mol. The van der Waals surface area contributed by atoms with Crippen molar-refractivity contribution in [2.45, 2.75) is 38.3 Å². The quantitative estimate of drug-likeness (QED) is 0.784. The smallest absolute Gasteiger partial charge is 0.223 e. The summed E-state index contributed by atoms with van der Waals surface area (Å²) in [5.41, 5.74) is 5.79. The number of amides is 1. The molecule has 2 rings (SSSR count). The lowest BCUT2D eigenvalue weighted by Gasteiger charge is -2.10. The molecule has 3 N–H and O–H groups in total. The van der Waals surface area contributed by atoms with Gasteiger partial charge in [0, 0.05) is 37.4 Å². The van der Waals surface area contributed by atoms with E-state index in [1.165, 1.54) is 0 Å². The summed E-state index contributed by atoms with van der Waals surface area (Å²) in [6.07, 6.45) is 7.35. The van der Waals surface area contributed by atoms with E-state index in [1.807, 2.05) is 16.9 Å². The summed E-state index contributed by atoms with van der Waals surface area (Å²) in [5, 5.41) is 7.08. The van der Waals surface area contributed by atoms with Gasteiger partial charge in [-0.1, -0.05) is 0 Å². The molecule has 2 unspecified atom stereocenters. The number of carbonyl (C=O) groups is 1. The first-order valence-electron chi connectivity index (χ1n) is 6.26. The Labute approximate surface area is 114 Å². The summed E-state index contributed by atoms with van der Waals surface area (Å²) < 4.78 is 1.87. The third-order valence-corrected chi connectivity index (χ3v) is 3.27. The van der Waals surface area contributed by atoms with Crippen molar-refractivity contribution in [3.63, 3.8) is 0 Å². The van der Waals surface area contributed by atoms with Crippen molar-refractivity contribution in [3.8, 4) is 0 Å². The van der Waals surface area contributed by atoms with E-state index in [-0.39, 0.29) is 30.3 Å².